The zero-order valence-corrected chi connectivity index (χ0v) is 21.2. The van der Waals surface area contributed by atoms with E-state index in [0.717, 1.165) is 58.2 Å². The fourth-order valence-electron chi connectivity index (χ4n) is 6.02. The third-order valence-corrected chi connectivity index (χ3v) is 7.36. The number of anilines is 2. The first kappa shape index (κ1) is 23.8. The number of ether oxygens (including phenoxy) is 3. The third-order valence-electron chi connectivity index (χ3n) is 7.36. The van der Waals surface area contributed by atoms with Gasteiger partial charge in [0.2, 0.25) is 0 Å². The van der Waals surface area contributed by atoms with Crippen molar-refractivity contribution in [2.45, 2.75) is 43.7 Å². The minimum atomic E-state index is -0.427. The molecule has 0 saturated heterocycles. The smallest absolute Gasteiger partial charge is 0.269 e. The zero-order chi connectivity index (χ0) is 25.7. The summed E-state index contributed by atoms with van der Waals surface area (Å²) in [6.07, 6.45) is 1.53. The second-order valence-corrected chi connectivity index (χ2v) is 10.2. The fourth-order valence-corrected chi connectivity index (χ4v) is 6.02. The molecular weight excluding hydrogens is 458 g/mol. The van der Waals surface area contributed by atoms with Crippen molar-refractivity contribution in [2.24, 2.45) is 0 Å². The Labute approximate surface area is 210 Å². The molecule has 2 heterocycles. The van der Waals surface area contributed by atoms with Crippen LogP contribution < -0.4 is 24.8 Å². The van der Waals surface area contributed by atoms with Crippen LogP contribution in [0.2, 0.25) is 0 Å². The Morgan fingerprint density at radius 1 is 0.917 bits per heavy atom. The van der Waals surface area contributed by atoms with Crippen molar-refractivity contribution < 1.29 is 19.1 Å². The van der Waals surface area contributed by atoms with Gasteiger partial charge in [-0.15, -0.1) is 0 Å². The van der Waals surface area contributed by atoms with Gasteiger partial charge in [-0.25, -0.2) is 0 Å². The molecule has 188 valence electrons. The van der Waals surface area contributed by atoms with Gasteiger partial charge in [0.25, 0.3) is 5.69 Å². The average molecular weight is 490 g/mol. The number of nitro benzene ring substituents is 1. The van der Waals surface area contributed by atoms with Gasteiger partial charge in [0.15, 0.2) is 0 Å². The summed E-state index contributed by atoms with van der Waals surface area (Å²) >= 11 is 0. The minimum absolute atomic E-state index is 0.0692. The molecule has 2 aliphatic rings. The molecule has 5 rings (SSSR count). The summed E-state index contributed by atoms with van der Waals surface area (Å²) in [6, 6.07) is 16.8. The molecule has 2 N–H and O–H groups in total. The largest absolute Gasteiger partial charge is 0.497 e. The Hall–Kier alpha value is -3.94. The Kier molecular flexibility index (Phi) is 5.70. The Bertz CT molecular complexity index is 1320. The number of nitro groups is 1. The molecule has 0 aliphatic carbocycles. The molecule has 8 nitrogen and oxygen atoms in total. The van der Waals surface area contributed by atoms with E-state index < -0.39 is 5.41 Å². The summed E-state index contributed by atoms with van der Waals surface area (Å²) < 4.78 is 17.2. The van der Waals surface area contributed by atoms with Crippen molar-refractivity contribution >= 4 is 17.1 Å². The molecular formula is C28H31N3O5. The number of nitrogens with zero attached hydrogens (tertiary/aromatic N) is 1. The Morgan fingerprint density at radius 2 is 1.64 bits per heavy atom. The fraction of sp³-hybridized carbons (Fsp3) is 0.357. The minimum Gasteiger partial charge on any atom is -0.497 e. The number of methoxy groups -OCH3 is 3. The van der Waals surface area contributed by atoms with Crippen LogP contribution in [0, 0.1) is 10.1 Å². The molecule has 3 aromatic rings. The molecule has 1 spiro atoms. The maximum absolute atomic E-state index is 11.2. The monoisotopic (exact) mass is 489 g/mol. The van der Waals surface area contributed by atoms with Crippen LogP contribution in [0.1, 0.15) is 49.4 Å². The second-order valence-electron chi connectivity index (χ2n) is 10.2. The van der Waals surface area contributed by atoms with Crippen LogP contribution in [0.5, 0.6) is 17.2 Å². The Morgan fingerprint density at radius 3 is 2.28 bits per heavy atom. The molecule has 0 aromatic heterocycles. The quantitative estimate of drug-likeness (QED) is 0.332. The lowest BCUT2D eigenvalue weighted by atomic mass is 9.59. The number of rotatable bonds is 5. The normalized spacial score (nSPS) is 21.4. The molecule has 0 amide bonds. The van der Waals surface area contributed by atoms with Crippen LogP contribution in [0.3, 0.4) is 0 Å². The van der Waals surface area contributed by atoms with Crippen LogP contribution in [0.4, 0.5) is 17.1 Å². The lowest BCUT2D eigenvalue weighted by Gasteiger charge is -2.52. The van der Waals surface area contributed by atoms with Gasteiger partial charge in [-0.1, -0.05) is 12.1 Å². The molecule has 0 radical (unpaired) electrons. The molecule has 0 bridgehead atoms. The number of benzene rings is 3. The number of non-ortho nitro benzene ring substituents is 1. The van der Waals surface area contributed by atoms with Gasteiger partial charge in [-0.3, -0.25) is 10.1 Å². The van der Waals surface area contributed by atoms with E-state index in [9.17, 15) is 10.1 Å². The van der Waals surface area contributed by atoms with E-state index in [0.29, 0.717) is 0 Å². The first-order valence-corrected chi connectivity index (χ1v) is 11.9. The van der Waals surface area contributed by atoms with Crippen LogP contribution >= 0.6 is 0 Å². The van der Waals surface area contributed by atoms with Gasteiger partial charge in [0.1, 0.15) is 17.2 Å². The highest BCUT2D eigenvalue weighted by molar-refractivity contribution is 5.75. The number of nitrogens with one attached hydrogen (secondary N) is 2. The lowest BCUT2D eigenvalue weighted by molar-refractivity contribution is -0.384. The molecule has 0 fully saturated rings. The zero-order valence-electron chi connectivity index (χ0n) is 21.2. The van der Waals surface area contributed by atoms with Gasteiger partial charge in [-0.05, 0) is 56.0 Å². The van der Waals surface area contributed by atoms with Crippen molar-refractivity contribution in [1.29, 1.82) is 0 Å². The van der Waals surface area contributed by atoms with Crippen molar-refractivity contribution in [3.05, 3.63) is 81.4 Å². The van der Waals surface area contributed by atoms with Crippen molar-refractivity contribution in [1.82, 2.24) is 0 Å². The molecule has 3 aromatic carbocycles. The number of hydrogen-bond donors (Lipinski definition) is 2. The SMILES string of the molecule is COc1cc2c(c(OC)c1)[C@@]1(C[C@H](c3ccc([N+](=O)[O-])cc3)Nc3ccc(OC)cc31)CC(C)(C)N2. The maximum atomic E-state index is 11.2. The number of hydrogen-bond acceptors (Lipinski definition) is 7. The first-order chi connectivity index (χ1) is 17.2. The van der Waals surface area contributed by atoms with E-state index in [4.69, 9.17) is 14.2 Å². The summed E-state index contributed by atoms with van der Waals surface area (Å²) in [6.45, 7) is 4.40. The standard InChI is InChI=1S/C28H31N3O5/c1-27(2)16-28(26-23(30-27)13-20(35-4)14-25(26)36-5)15-24(17-6-8-18(9-7-17)31(32)33)29-22-11-10-19(34-3)12-21(22)28/h6-14,24,29-30H,15-16H2,1-5H3/t24-,28+/m1/s1. The van der Waals surface area contributed by atoms with E-state index >= 15 is 0 Å². The summed E-state index contributed by atoms with van der Waals surface area (Å²) in [5, 5.41) is 18.6. The molecule has 0 saturated carbocycles. The van der Waals surface area contributed by atoms with Gasteiger partial charge >= 0.3 is 0 Å². The van der Waals surface area contributed by atoms with E-state index in [1.165, 1.54) is 0 Å². The molecule has 2 atom stereocenters. The molecule has 0 unspecified atom stereocenters. The second kappa shape index (κ2) is 8.62. The van der Waals surface area contributed by atoms with Crippen molar-refractivity contribution in [3.8, 4) is 17.2 Å². The number of fused-ring (bicyclic) bond motifs is 4. The maximum Gasteiger partial charge on any atom is 0.269 e. The lowest BCUT2D eigenvalue weighted by Crippen LogP contribution is -2.49. The van der Waals surface area contributed by atoms with Gasteiger partial charge in [0, 0.05) is 52.2 Å². The van der Waals surface area contributed by atoms with E-state index in [1.54, 1.807) is 33.5 Å². The molecule has 2 aliphatic heterocycles. The van der Waals surface area contributed by atoms with Gasteiger partial charge in [-0.2, -0.15) is 0 Å². The predicted octanol–water partition coefficient (Wildman–Crippen LogP) is 6.06. The summed E-state index contributed by atoms with van der Waals surface area (Å²) in [7, 11) is 5.01. The highest BCUT2D eigenvalue weighted by Gasteiger charge is 2.51. The predicted molar refractivity (Wildman–Crippen MR) is 140 cm³/mol. The topological polar surface area (TPSA) is 94.9 Å². The first-order valence-electron chi connectivity index (χ1n) is 11.9. The highest BCUT2D eigenvalue weighted by Crippen LogP contribution is 2.59. The van der Waals surface area contributed by atoms with Crippen LogP contribution in [-0.2, 0) is 5.41 Å². The van der Waals surface area contributed by atoms with Crippen molar-refractivity contribution in [3.63, 3.8) is 0 Å². The van der Waals surface area contributed by atoms with E-state index in [1.807, 2.05) is 30.3 Å². The van der Waals surface area contributed by atoms with Crippen LogP contribution in [0.25, 0.3) is 0 Å². The van der Waals surface area contributed by atoms with E-state index in [-0.39, 0.29) is 22.2 Å². The van der Waals surface area contributed by atoms with Crippen LogP contribution in [-0.4, -0.2) is 31.8 Å². The summed E-state index contributed by atoms with van der Waals surface area (Å²) in [5.74, 6) is 2.26. The summed E-state index contributed by atoms with van der Waals surface area (Å²) in [4.78, 5) is 10.9. The van der Waals surface area contributed by atoms with Gasteiger partial charge in [0.05, 0.1) is 32.3 Å². The van der Waals surface area contributed by atoms with E-state index in [2.05, 4.69) is 36.6 Å². The molecule has 36 heavy (non-hydrogen) atoms. The summed E-state index contributed by atoms with van der Waals surface area (Å²) in [5.41, 5.74) is 4.61. The Balaban J connectivity index is 1.76. The van der Waals surface area contributed by atoms with Crippen LogP contribution in [0.15, 0.2) is 54.6 Å². The average Bonchev–Trinajstić information content (AvgIpc) is 2.86. The van der Waals surface area contributed by atoms with Gasteiger partial charge < -0.3 is 24.8 Å². The third kappa shape index (κ3) is 3.86. The van der Waals surface area contributed by atoms with Crippen molar-refractivity contribution in [2.75, 3.05) is 32.0 Å². The molecule has 8 heteroatoms. The highest BCUT2D eigenvalue weighted by atomic mass is 16.6.